The van der Waals surface area contributed by atoms with Crippen molar-refractivity contribution in [3.8, 4) is 5.75 Å². The van der Waals surface area contributed by atoms with Crippen molar-refractivity contribution >= 4 is 21.9 Å². The Morgan fingerprint density at radius 3 is 2.83 bits per heavy atom. The zero-order chi connectivity index (χ0) is 17.4. The minimum absolute atomic E-state index is 0.0313. The zero-order valence-corrected chi connectivity index (χ0v) is 16.1. The third kappa shape index (κ3) is 5.98. The minimum atomic E-state index is -0.182. The van der Waals surface area contributed by atoms with Crippen LogP contribution in [0.25, 0.3) is 0 Å². The zero-order valence-electron chi connectivity index (χ0n) is 14.5. The summed E-state index contributed by atoms with van der Waals surface area (Å²) in [6.07, 6.45) is 2.89. The average molecular weight is 398 g/mol. The molecule has 0 bridgehead atoms. The fourth-order valence-corrected chi connectivity index (χ4v) is 3.22. The van der Waals surface area contributed by atoms with Crippen molar-refractivity contribution in [2.75, 3.05) is 19.6 Å². The Kier molecular flexibility index (Phi) is 7.85. The molecule has 5 nitrogen and oxygen atoms in total. The predicted octanol–water partition coefficient (Wildman–Crippen LogP) is 2.93. The molecule has 6 heteroatoms. The molecule has 1 aliphatic rings. The highest BCUT2D eigenvalue weighted by molar-refractivity contribution is 9.10. The van der Waals surface area contributed by atoms with E-state index in [0.717, 1.165) is 48.5 Å². The van der Waals surface area contributed by atoms with Gasteiger partial charge < -0.3 is 20.5 Å². The Morgan fingerprint density at radius 1 is 1.38 bits per heavy atom. The summed E-state index contributed by atoms with van der Waals surface area (Å²) in [6.45, 7) is 6.17. The molecule has 2 rings (SSSR count). The van der Waals surface area contributed by atoms with Gasteiger partial charge in [0.1, 0.15) is 11.9 Å². The third-order valence-electron chi connectivity index (χ3n) is 4.17. The van der Waals surface area contributed by atoms with Gasteiger partial charge in [0.15, 0.2) is 5.96 Å². The molecular weight excluding hydrogens is 370 g/mol. The van der Waals surface area contributed by atoms with Gasteiger partial charge in [-0.3, -0.25) is 0 Å². The van der Waals surface area contributed by atoms with Crippen molar-refractivity contribution in [2.45, 2.75) is 45.3 Å². The summed E-state index contributed by atoms with van der Waals surface area (Å²) in [5, 5.41) is 16.5. The van der Waals surface area contributed by atoms with E-state index >= 15 is 0 Å². The van der Waals surface area contributed by atoms with Crippen LogP contribution in [0.2, 0.25) is 0 Å². The van der Waals surface area contributed by atoms with E-state index in [-0.39, 0.29) is 12.2 Å². The van der Waals surface area contributed by atoms with Crippen molar-refractivity contribution in [2.24, 2.45) is 10.9 Å². The lowest BCUT2D eigenvalue weighted by Gasteiger charge is -2.19. The number of nitrogens with one attached hydrogen (secondary N) is 2. The summed E-state index contributed by atoms with van der Waals surface area (Å²) in [7, 11) is 0. The molecule has 3 N–H and O–H groups in total. The van der Waals surface area contributed by atoms with Gasteiger partial charge in [-0.05, 0) is 54.8 Å². The molecule has 0 aliphatic heterocycles. The van der Waals surface area contributed by atoms with Crippen LogP contribution in [0.4, 0.5) is 0 Å². The molecule has 1 aromatic carbocycles. The number of guanidine groups is 1. The Morgan fingerprint density at radius 2 is 2.17 bits per heavy atom. The van der Waals surface area contributed by atoms with Crippen LogP contribution in [-0.2, 0) is 0 Å². The predicted molar refractivity (Wildman–Crippen MR) is 102 cm³/mol. The van der Waals surface area contributed by atoms with Gasteiger partial charge in [0.25, 0.3) is 0 Å². The lowest BCUT2D eigenvalue weighted by atomic mass is 10.1. The Bertz CT molecular complexity index is 539. The van der Waals surface area contributed by atoms with Gasteiger partial charge in [0.05, 0.1) is 17.1 Å². The maximum absolute atomic E-state index is 9.92. The minimum Gasteiger partial charge on any atom is -0.488 e. The Hall–Kier alpha value is -1.27. The largest absolute Gasteiger partial charge is 0.488 e. The van der Waals surface area contributed by atoms with Crippen LogP contribution >= 0.6 is 15.9 Å². The Balaban J connectivity index is 1.84. The van der Waals surface area contributed by atoms with E-state index in [1.165, 1.54) is 0 Å². The number of aliphatic hydroxyl groups excluding tert-OH is 1. The normalized spacial score (nSPS) is 22.2. The van der Waals surface area contributed by atoms with Crippen LogP contribution in [0.5, 0.6) is 5.75 Å². The molecule has 0 radical (unpaired) electrons. The van der Waals surface area contributed by atoms with Gasteiger partial charge in [-0.15, -0.1) is 0 Å². The first kappa shape index (κ1) is 19.1. The first-order chi connectivity index (χ1) is 11.6. The standard InChI is InChI=1S/C18H28BrN3O2/c1-3-20-18(22-12-14-7-6-9-16(14)23)21-11-13(2)24-17-10-5-4-8-15(17)19/h4-5,8,10,13-14,16,23H,3,6-7,9,11-12H2,1-2H3,(H2,20,21,22). The summed E-state index contributed by atoms with van der Waals surface area (Å²) in [5.41, 5.74) is 0. The van der Waals surface area contributed by atoms with Crippen molar-refractivity contribution in [1.29, 1.82) is 0 Å². The number of benzene rings is 1. The highest BCUT2D eigenvalue weighted by atomic mass is 79.9. The molecule has 134 valence electrons. The van der Waals surface area contributed by atoms with E-state index in [9.17, 15) is 5.11 Å². The maximum Gasteiger partial charge on any atom is 0.191 e. The highest BCUT2D eigenvalue weighted by Gasteiger charge is 2.25. The van der Waals surface area contributed by atoms with Gasteiger partial charge in [0, 0.05) is 19.0 Å². The smallest absolute Gasteiger partial charge is 0.191 e. The second-order valence-corrected chi connectivity index (χ2v) is 7.07. The molecule has 0 saturated heterocycles. The molecule has 3 unspecified atom stereocenters. The SMILES string of the molecule is CCNC(=NCC(C)Oc1ccccc1Br)NCC1CCCC1O. The fraction of sp³-hybridized carbons (Fsp3) is 0.611. The van der Waals surface area contributed by atoms with Gasteiger partial charge in [-0.2, -0.15) is 0 Å². The van der Waals surface area contributed by atoms with Crippen LogP contribution in [0.15, 0.2) is 33.7 Å². The number of aliphatic imine (C=N–C) groups is 1. The number of aliphatic hydroxyl groups is 1. The van der Waals surface area contributed by atoms with Gasteiger partial charge in [-0.1, -0.05) is 18.6 Å². The molecule has 1 aromatic rings. The summed E-state index contributed by atoms with van der Waals surface area (Å²) >= 11 is 3.49. The number of hydrogen-bond acceptors (Lipinski definition) is 3. The summed E-state index contributed by atoms with van der Waals surface area (Å²) in [6, 6.07) is 7.82. The quantitative estimate of drug-likeness (QED) is 0.488. The number of ether oxygens (including phenoxy) is 1. The highest BCUT2D eigenvalue weighted by Crippen LogP contribution is 2.25. The third-order valence-corrected chi connectivity index (χ3v) is 4.82. The van der Waals surface area contributed by atoms with E-state index in [1.54, 1.807) is 0 Å². The molecule has 24 heavy (non-hydrogen) atoms. The molecular formula is C18H28BrN3O2. The number of hydrogen-bond donors (Lipinski definition) is 3. The number of halogens is 1. The van der Waals surface area contributed by atoms with E-state index in [4.69, 9.17) is 4.74 Å². The van der Waals surface area contributed by atoms with E-state index in [0.29, 0.717) is 12.5 Å². The topological polar surface area (TPSA) is 65.9 Å². The first-order valence-electron chi connectivity index (χ1n) is 8.71. The average Bonchev–Trinajstić information content (AvgIpc) is 2.97. The molecule has 0 heterocycles. The lowest BCUT2D eigenvalue weighted by Crippen LogP contribution is -2.41. The molecule has 1 fully saturated rings. The summed E-state index contributed by atoms with van der Waals surface area (Å²) < 4.78 is 6.86. The summed E-state index contributed by atoms with van der Waals surface area (Å²) in [5.74, 6) is 1.93. The van der Waals surface area contributed by atoms with E-state index in [1.807, 2.05) is 38.1 Å². The molecule has 1 aliphatic carbocycles. The monoisotopic (exact) mass is 397 g/mol. The Labute approximate surface area is 153 Å². The van der Waals surface area contributed by atoms with Crippen molar-refractivity contribution < 1.29 is 9.84 Å². The van der Waals surface area contributed by atoms with Crippen LogP contribution < -0.4 is 15.4 Å². The van der Waals surface area contributed by atoms with Crippen LogP contribution in [-0.4, -0.2) is 42.9 Å². The first-order valence-corrected chi connectivity index (χ1v) is 9.51. The van der Waals surface area contributed by atoms with E-state index < -0.39 is 0 Å². The number of rotatable bonds is 7. The van der Waals surface area contributed by atoms with Crippen molar-refractivity contribution in [3.63, 3.8) is 0 Å². The molecule has 0 amide bonds. The number of para-hydroxylation sites is 1. The van der Waals surface area contributed by atoms with Gasteiger partial charge in [-0.25, -0.2) is 4.99 Å². The van der Waals surface area contributed by atoms with Gasteiger partial charge >= 0.3 is 0 Å². The van der Waals surface area contributed by atoms with Crippen LogP contribution in [0.1, 0.15) is 33.1 Å². The van der Waals surface area contributed by atoms with E-state index in [2.05, 4.69) is 31.6 Å². The maximum atomic E-state index is 9.92. The molecule has 0 aromatic heterocycles. The van der Waals surface area contributed by atoms with Gasteiger partial charge in [0.2, 0.25) is 0 Å². The lowest BCUT2D eigenvalue weighted by molar-refractivity contribution is 0.134. The second-order valence-electron chi connectivity index (χ2n) is 6.22. The fourth-order valence-electron chi connectivity index (χ4n) is 2.84. The molecule has 1 saturated carbocycles. The molecule has 3 atom stereocenters. The number of nitrogens with zero attached hydrogens (tertiary/aromatic N) is 1. The van der Waals surface area contributed by atoms with Crippen molar-refractivity contribution in [1.82, 2.24) is 10.6 Å². The van der Waals surface area contributed by atoms with Crippen LogP contribution in [0.3, 0.4) is 0 Å². The second kappa shape index (κ2) is 9.89. The van der Waals surface area contributed by atoms with Crippen molar-refractivity contribution in [3.05, 3.63) is 28.7 Å². The molecule has 0 spiro atoms. The summed E-state index contributed by atoms with van der Waals surface area (Å²) in [4.78, 5) is 4.60. The van der Waals surface area contributed by atoms with Crippen LogP contribution in [0, 0.1) is 5.92 Å².